The molecule has 0 bridgehead atoms. The second-order valence-electron chi connectivity index (χ2n) is 9.76. The minimum atomic E-state index is -4.35. The van der Waals surface area contributed by atoms with Gasteiger partial charge in [-0.2, -0.15) is 18.4 Å². The van der Waals surface area contributed by atoms with Gasteiger partial charge >= 0.3 is 10.2 Å². The van der Waals surface area contributed by atoms with E-state index in [1.54, 1.807) is 12.1 Å². The average Bonchev–Trinajstić information content (AvgIpc) is 3.25. The molecule has 0 unspecified atom stereocenters. The highest BCUT2D eigenvalue weighted by atomic mass is 35.5. The van der Waals surface area contributed by atoms with Gasteiger partial charge in [0.15, 0.2) is 0 Å². The molecule has 2 N–H and O–H groups in total. The highest BCUT2D eigenvalue weighted by Gasteiger charge is 2.49. The maximum Gasteiger partial charge on any atom is 0.303 e. The van der Waals surface area contributed by atoms with Crippen molar-refractivity contribution in [1.82, 2.24) is 15.0 Å². The molecule has 2 amide bonds. The molecule has 2 aromatic carbocycles. The molecule has 1 aromatic heterocycles. The topological polar surface area (TPSA) is 136 Å². The number of rotatable bonds is 7. The van der Waals surface area contributed by atoms with Crippen molar-refractivity contribution in [3.05, 3.63) is 88.8 Å². The number of halogens is 4. The molecule has 10 nitrogen and oxygen atoms in total. The van der Waals surface area contributed by atoms with Crippen molar-refractivity contribution in [2.45, 2.75) is 36.9 Å². The second kappa shape index (κ2) is 11.2. The van der Waals surface area contributed by atoms with Crippen LogP contribution >= 0.6 is 11.6 Å². The lowest BCUT2D eigenvalue weighted by Crippen LogP contribution is -2.56. The van der Waals surface area contributed by atoms with E-state index in [0.29, 0.717) is 4.31 Å². The number of alkyl halides is 2. The Balaban J connectivity index is 1.63. The smallest absolute Gasteiger partial charge is 0.303 e. The van der Waals surface area contributed by atoms with Gasteiger partial charge in [0.05, 0.1) is 11.6 Å². The molecule has 2 atom stereocenters. The van der Waals surface area contributed by atoms with Crippen LogP contribution in [-0.4, -0.2) is 49.8 Å². The number of aromatic nitrogens is 1. The van der Waals surface area contributed by atoms with Crippen molar-refractivity contribution in [3.63, 3.8) is 0 Å². The van der Waals surface area contributed by atoms with Crippen LogP contribution in [0.2, 0.25) is 5.02 Å². The van der Waals surface area contributed by atoms with Crippen molar-refractivity contribution in [2.75, 3.05) is 15.7 Å². The van der Waals surface area contributed by atoms with E-state index in [9.17, 15) is 36.4 Å². The molecule has 1 aliphatic heterocycles. The minimum absolute atomic E-state index is 0.0446. The predicted molar refractivity (Wildman–Crippen MR) is 146 cm³/mol. The predicted octanol–water partition coefficient (Wildman–Crippen LogP) is 3.46. The first kappa shape index (κ1) is 29.3. The zero-order valence-corrected chi connectivity index (χ0v) is 23.1. The highest BCUT2D eigenvalue weighted by Crippen LogP contribution is 2.39. The summed E-state index contributed by atoms with van der Waals surface area (Å²) in [5.41, 5.74) is 0.0354. The van der Waals surface area contributed by atoms with Crippen LogP contribution in [-0.2, 0) is 19.8 Å². The Kier molecular flexibility index (Phi) is 7.84. The minimum Gasteiger partial charge on any atom is -0.351 e. The lowest BCUT2D eigenvalue weighted by atomic mass is 9.87. The zero-order chi connectivity index (χ0) is 30.2. The van der Waals surface area contributed by atoms with E-state index in [0.717, 1.165) is 17.0 Å². The van der Waals surface area contributed by atoms with E-state index in [1.165, 1.54) is 42.6 Å². The average molecular weight is 619 g/mol. The normalized spacial score (nSPS) is 19.8. The number of hydrogen-bond donors (Lipinski definition) is 2. The number of nitriles is 1. The van der Waals surface area contributed by atoms with E-state index in [1.807, 2.05) is 6.07 Å². The monoisotopic (exact) mass is 618 g/mol. The number of pyridine rings is 1. The van der Waals surface area contributed by atoms with Gasteiger partial charge in [0, 0.05) is 47.9 Å². The highest BCUT2D eigenvalue weighted by molar-refractivity contribution is 7.91. The molecule has 2 fully saturated rings. The third-order valence-corrected chi connectivity index (χ3v) is 8.69. The van der Waals surface area contributed by atoms with Gasteiger partial charge in [-0.1, -0.05) is 35.9 Å². The first-order valence-corrected chi connectivity index (χ1v) is 14.4. The summed E-state index contributed by atoms with van der Waals surface area (Å²) >= 11 is 6.45. The van der Waals surface area contributed by atoms with E-state index in [2.05, 4.69) is 15.0 Å². The number of carbonyl (C=O) groups is 2. The van der Waals surface area contributed by atoms with Gasteiger partial charge < -0.3 is 5.32 Å². The van der Waals surface area contributed by atoms with Crippen LogP contribution < -0.4 is 19.2 Å². The number of anilines is 2. The molecule has 5 rings (SSSR count). The van der Waals surface area contributed by atoms with Crippen molar-refractivity contribution >= 4 is 45.1 Å². The number of amides is 2. The number of nitrogens with one attached hydrogen (secondary N) is 2. The fraction of sp³-hybridized carbons (Fsp3) is 0.259. The fourth-order valence-corrected chi connectivity index (χ4v) is 6.50. The number of nitrogens with zero attached hydrogens (tertiary/aromatic N) is 4. The molecule has 15 heteroatoms. The zero-order valence-electron chi connectivity index (χ0n) is 21.5. The van der Waals surface area contributed by atoms with Crippen molar-refractivity contribution < 1.29 is 31.2 Å². The third-order valence-electron chi connectivity index (χ3n) is 6.85. The quantitative estimate of drug-likeness (QED) is 0.416. The molecule has 2 heterocycles. The van der Waals surface area contributed by atoms with Gasteiger partial charge in [0.1, 0.15) is 23.7 Å². The summed E-state index contributed by atoms with van der Waals surface area (Å²) in [5.74, 6) is -5.82. The van der Waals surface area contributed by atoms with E-state index in [4.69, 9.17) is 11.6 Å². The summed E-state index contributed by atoms with van der Waals surface area (Å²) in [6, 6.07) is 11.0. The van der Waals surface area contributed by atoms with E-state index in [-0.39, 0.29) is 27.7 Å². The lowest BCUT2D eigenvalue weighted by Gasteiger charge is -2.39. The largest absolute Gasteiger partial charge is 0.351 e. The van der Waals surface area contributed by atoms with E-state index >= 15 is 0 Å². The van der Waals surface area contributed by atoms with Crippen molar-refractivity contribution in [1.29, 1.82) is 5.26 Å². The fourth-order valence-electron chi connectivity index (χ4n) is 4.91. The molecule has 2 aliphatic rings. The van der Waals surface area contributed by atoms with E-state index < -0.39 is 71.3 Å². The van der Waals surface area contributed by atoms with Gasteiger partial charge in [0.2, 0.25) is 5.91 Å². The molecule has 1 saturated heterocycles. The van der Waals surface area contributed by atoms with Crippen LogP contribution in [0, 0.1) is 17.1 Å². The molecule has 0 spiro atoms. The van der Waals surface area contributed by atoms with Crippen molar-refractivity contribution in [2.24, 2.45) is 0 Å². The van der Waals surface area contributed by atoms with Crippen LogP contribution in [0.4, 0.5) is 24.7 Å². The first-order valence-electron chi connectivity index (χ1n) is 12.6. The van der Waals surface area contributed by atoms with Gasteiger partial charge in [-0.25, -0.2) is 22.5 Å². The Hall–Kier alpha value is -4.19. The summed E-state index contributed by atoms with van der Waals surface area (Å²) in [5, 5.41) is 11.9. The summed E-state index contributed by atoms with van der Waals surface area (Å²) in [6.45, 7) is -0.461. The Morgan fingerprint density at radius 2 is 1.90 bits per heavy atom. The molecule has 42 heavy (non-hydrogen) atoms. The van der Waals surface area contributed by atoms with Crippen LogP contribution in [0.1, 0.15) is 30.0 Å². The van der Waals surface area contributed by atoms with Gasteiger partial charge in [0.25, 0.3) is 11.8 Å². The molecule has 0 radical (unpaired) electrons. The second-order valence-corrected chi connectivity index (χ2v) is 11.8. The molecule has 1 aliphatic carbocycles. The van der Waals surface area contributed by atoms with Crippen LogP contribution in [0.3, 0.4) is 0 Å². The Morgan fingerprint density at radius 1 is 1.17 bits per heavy atom. The molecular weight excluding hydrogens is 597 g/mol. The van der Waals surface area contributed by atoms with Crippen LogP contribution in [0.15, 0.2) is 66.9 Å². The van der Waals surface area contributed by atoms with Crippen molar-refractivity contribution in [3.8, 4) is 6.07 Å². The van der Waals surface area contributed by atoms with Crippen LogP contribution in [0.5, 0.6) is 0 Å². The lowest BCUT2D eigenvalue weighted by molar-refractivity contribution is -0.132. The Bertz CT molecular complexity index is 1690. The molecular formula is C27H22ClF3N6O4S. The van der Waals surface area contributed by atoms with Crippen LogP contribution in [0.25, 0.3) is 0 Å². The maximum absolute atomic E-state index is 14.5. The summed E-state index contributed by atoms with van der Waals surface area (Å²) in [7, 11) is -4.35. The number of hydrogen-bond acceptors (Lipinski definition) is 6. The Morgan fingerprint density at radius 3 is 2.57 bits per heavy atom. The van der Waals surface area contributed by atoms with Gasteiger partial charge in [-0.15, -0.1) is 0 Å². The summed E-state index contributed by atoms with van der Waals surface area (Å²) in [4.78, 5) is 33.1. The first-order chi connectivity index (χ1) is 19.9. The third kappa shape index (κ3) is 5.76. The van der Waals surface area contributed by atoms with Gasteiger partial charge in [-0.3, -0.25) is 14.5 Å². The molecule has 218 valence electrons. The number of benzene rings is 2. The molecule has 1 saturated carbocycles. The standard InChI is InChI=1S/C27H22ClF3N6O4S/c28-21-7-2-1-6-20(21)24(25(38)35-18-12-27(30,31)13-18)36(19-5-3-4-17(29)11-19)26(39)22-15-34-42(40,41)37(22)23-10-16(14-32)8-9-33-23/h1-11,18,22,24,34H,12-13,15H2,(H,35,38)/t22-,24+/m0/s1. The maximum atomic E-state index is 14.5. The summed E-state index contributed by atoms with van der Waals surface area (Å²) < 4.78 is 70.7. The molecule has 3 aromatic rings. The Labute approximate surface area is 243 Å². The SMILES string of the molecule is N#Cc1ccnc(N2[C@H](C(=O)N(c3cccc(F)c3)[C@@H](C(=O)NC3CC(F)(F)C3)c3ccccc3Cl)CNS2(=O)=O)c1. The summed E-state index contributed by atoms with van der Waals surface area (Å²) in [6.07, 6.45) is -0.0231. The van der Waals surface area contributed by atoms with Gasteiger partial charge in [-0.05, 0) is 36.4 Å². The number of carbonyl (C=O) groups excluding carboxylic acids is 2.